The third kappa shape index (κ3) is 2.96. The summed E-state index contributed by atoms with van der Waals surface area (Å²) in [5, 5.41) is 3.57. The van der Waals surface area contributed by atoms with Gasteiger partial charge >= 0.3 is 0 Å². The van der Waals surface area contributed by atoms with E-state index in [0.29, 0.717) is 6.04 Å². The van der Waals surface area contributed by atoms with Crippen LogP contribution in [0.15, 0.2) is 0 Å². The van der Waals surface area contributed by atoms with Gasteiger partial charge in [-0.3, -0.25) is 4.90 Å². The van der Waals surface area contributed by atoms with Crippen molar-refractivity contribution in [3.63, 3.8) is 0 Å². The molecular weight excluding hydrogens is 200 g/mol. The van der Waals surface area contributed by atoms with Crippen molar-refractivity contribution >= 4 is 0 Å². The summed E-state index contributed by atoms with van der Waals surface area (Å²) < 4.78 is 5.47. The van der Waals surface area contributed by atoms with Crippen molar-refractivity contribution in [2.45, 2.75) is 57.2 Å². The highest BCUT2D eigenvalue weighted by Crippen LogP contribution is 2.25. The monoisotopic (exact) mass is 226 g/mol. The minimum absolute atomic E-state index is 0.681. The minimum atomic E-state index is 0.681. The fourth-order valence-electron chi connectivity index (χ4n) is 3.12. The summed E-state index contributed by atoms with van der Waals surface area (Å²) in [6, 6.07) is 2.25. The van der Waals surface area contributed by atoms with Crippen LogP contribution in [0.1, 0.15) is 39.0 Å². The topological polar surface area (TPSA) is 24.5 Å². The first-order valence-electron chi connectivity index (χ1n) is 6.84. The van der Waals surface area contributed by atoms with Crippen LogP contribution in [-0.2, 0) is 4.74 Å². The molecule has 1 unspecified atom stereocenters. The van der Waals surface area contributed by atoms with Crippen molar-refractivity contribution in [1.29, 1.82) is 0 Å². The molecule has 1 atom stereocenters. The molecule has 0 spiro atoms. The minimum Gasteiger partial charge on any atom is -0.380 e. The molecule has 3 heteroatoms. The Morgan fingerprint density at radius 3 is 2.44 bits per heavy atom. The third-order valence-electron chi connectivity index (χ3n) is 4.25. The predicted molar refractivity (Wildman–Crippen MR) is 66.7 cm³/mol. The summed E-state index contributed by atoms with van der Waals surface area (Å²) in [7, 11) is 2.29. The largest absolute Gasteiger partial charge is 0.380 e. The van der Waals surface area contributed by atoms with Crippen LogP contribution < -0.4 is 5.32 Å². The molecule has 0 aromatic carbocycles. The van der Waals surface area contributed by atoms with E-state index in [4.69, 9.17) is 4.74 Å². The average molecular weight is 226 g/mol. The first-order chi connectivity index (χ1) is 7.81. The molecule has 16 heavy (non-hydrogen) atoms. The molecule has 0 bridgehead atoms. The second kappa shape index (κ2) is 5.99. The van der Waals surface area contributed by atoms with Crippen molar-refractivity contribution in [3.05, 3.63) is 0 Å². The summed E-state index contributed by atoms with van der Waals surface area (Å²) >= 11 is 0. The normalized spacial score (nSPS) is 35.8. The molecule has 1 saturated carbocycles. The SMILES string of the molecule is CCNC1CCC(N(C)C2CCOC2)CC1. The number of hydrogen-bond donors (Lipinski definition) is 1. The number of ether oxygens (including phenoxy) is 1. The maximum absolute atomic E-state index is 5.47. The number of hydrogen-bond acceptors (Lipinski definition) is 3. The Labute approximate surface area is 99.5 Å². The van der Waals surface area contributed by atoms with E-state index in [1.807, 2.05) is 0 Å². The summed E-state index contributed by atoms with van der Waals surface area (Å²) in [6.07, 6.45) is 6.62. The second-order valence-corrected chi connectivity index (χ2v) is 5.25. The Morgan fingerprint density at radius 1 is 1.12 bits per heavy atom. The fraction of sp³-hybridized carbons (Fsp3) is 1.00. The molecule has 1 aliphatic heterocycles. The molecule has 1 heterocycles. The molecule has 0 radical (unpaired) electrons. The molecule has 0 amide bonds. The lowest BCUT2D eigenvalue weighted by Crippen LogP contribution is -2.45. The van der Waals surface area contributed by atoms with E-state index in [-0.39, 0.29) is 0 Å². The maximum Gasteiger partial charge on any atom is 0.0622 e. The van der Waals surface area contributed by atoms with Crippen LogP contribution in [0.5, 0.6) is 0 Å². The van der Waals surface area contributed by atoms with Crippen molar-refractivity contribution in [3.8, 4) is 0 Å². The second-order valence-electron chi connectivity index (χ2n) is 5.25. The van der Waals surface area contributed by atoms with E-state index < -0.39 is 0 Å². The average Bonchev–Trinajstić information content (AvgIpc) is 2.83. The Morgan fingerprint density at radius 2 is 1.88 bits per heavy atom. The van der Waals surface area contributed by atoms with Gasteiger partial charge in [0.2, 0.25) is 0 Å². The zero-order valence-corrected chi connectivity index (χ0v) is 10.7. The van der Waals surface area contributed by atoms with Crippen LogP contribution in [0.2, 0.25) is 0 Å². The highest BCUT2D eigenvalue weighted by Gasteiger charge is 2.29. The van der Waals surface area contributed by atoms with E-state index in [0.717, 1.165) is 31.8 Å². The molecule has 0 aromatic rings. The lowest BCUT2D eigenvalue weighted by atomic mass is 9.89. The van der Waals surface area contributed by atoms with Crippen molar-refractivity contribution in [2.24, 2.45) is 0 Å². The summed E-state index contributed by atoms with van der Waals surface area (Å²) in [4.78, 5) is 2.58. The number of rotatable bonds is 4. The predicted octanol–water partition coefficient (Wildman–Crippen LogP) is 1.63. The molecule has 1 aliphatic carbocycles. The first-order valence-corrected chi connectivity index (χ1v) is 6.84. The Balaban J connectivity index is 1.74. The van der Waals surface area contributed by atoms with Crippen molar-refractivity contribution < 1.29 is 4.74 Å². The van der Waals surface area contributed by atoms with Gasteiger partial charge in [-0.2, -0.15) is 0 Å². The number of likely N-dealkylation sites (N-methyl/N-ethyl adjacent to an activating group) is 1. The molecule has 1 N–H and O–H groups in total. The van der Waals surface area contributed by atoms with Crippen molar-refractivity contribution in [2.75, 3.05) is 26.8 Å². The van der Waals surface area contributed by atoms with Gasteiger partial charge in [0.15, 0.2) is 0 Å². The molecule has 94 valence electrons. The van der Waals surface area contributed by atoms with E-state index in [9.17, 15) is 0 Å². The standard InChI is InChI=1S/C13H26N2O/c1-3-14-11-4-6-12(7-5-11)15(2)13-8-9-16-10-13/h11-14H,3-10H2,1-2H3. The zero-order valence-electron chi connectivity index (χ0n) is 10.7. The van der Waals surface area contributed by atoms with Gasteiger partial charge < -0.3 is 10.1 Å². The van der Waals surface area contributed by atoms with Crippen LogP contribution in [0.4, 0.5) is 0 Å². The van der Waals surface area contributed by atoms with Crippen LogP contribution in [0, 0.1) is 0 Å². The lowest BCUT2D eigenvalue weighted by molar-refractivity contribution is 0.107. The first kappa shape index (κ1) is 12.3. The van der Waals surface area contributed by atoms with Gasteiger partial charge in [-0.15, -0.1) is 0 Å². The highest BCUT2D eigenvalue weighted by molar-refractivity contribution is 4.85. The Bertz CT molecular complexity index is 196. The van der Waals surface area contributed by atoms with Gasteiger partial charge in [-0.05, 0) is 45.7 Å². The van der Waals surface area contributed by atoms with E-state index in [2.05, 4.69) is 24.2 Å². The highest BCUT2D eigenvalue weighted by atomic mass is 16.5. The van der Waals surface area contributed by atoms with Crippen LogP contribution >= 0.6 is 0 Å². The molecule has 0 aromatic heterocycles. The van der Waals surface area contributed by atoms with Crippen LogP contribution in [0.25, 0.3) is 0 Å². The smallest absolute Gasteiger partial charge is 0.0622 e. The van der Waals surface area contributed by atoms with Crippen LogP contribution in [-0.4, -0.2) is 49.8 Å². The zero-order chi connectivity index (χ0) is 11.4. The number of nitrogens with one attached hydrogen (secondary N) is 1. The maximum atomic E-state index is 5.47. The Kier molecular flexibility index (Phi) is 4.62. The summed E-state index contributed by atoms with van der Waals surface area (Å²) in [5.41, 5.74) is 0. The van der Waals surface area contributed by atoms with Crippen molar-refractivity contribution in [1.82, 2.24) is 10.2 Å². The van der Waals surface area contributed by atoms with Crippen LogP contribution in [0.3, 0.4) is 0 Å². The van der Waals surface area contributed by atoms with E-state index >= 15 is 0 Å². The van der Waals surface area contributed by atoms with Gasteiger partial charge in [-0.1, -0.05) is 6.92 Å². The van der Waals surface area contributed by atoms with Gasteiger partial charge in [0.25, 0.3) is 0 Å². The third-order valence-corrected chi connectivity index (χ3v) is 4.25. The fourth-order valence-corrected chi connectivity index (χ4v) is 3.12. The molecule has 2 rings (SSSR count). The van der Waals surface area contributed by atoms with Gasteiger partial charge in [0.1, 0.15) is 0 Å². The Hall–Kier alpha value is -0.120. The molecule has 3 nitrogen and oxygen atoms in total. The lowest BCUT2D eigenvalue weighted by Gasteiger charge is -2.37. The molecule has 1 saturated heterocycles. The molecular formula is C13H26N2O. The van der Waals surface area contributed by atoms with Gasteiger partial charge in [0, 0.05) is 24.7 Å². The van der Waals surface area contributed by atoms with E-state index in [1.54, 1.807) is 0 Å². The van der Waals surface area contributed by atoms with Gasteiger partial charge in [-0.25, -0.2) is 0 Å². The quantitative estimate of drug-likeness (QED) is 0.788. The molecule has 2 aliphatic rings. The number of nitrogens with zero attached hydrogens (tertiary/aromatic N) is 1. The summed E-state index contributed by atoms with van der Waals surface area (Å²) in [5.74, 6) is 0. The summed E-state index contributed by atoms with van der Waals surface area (Å²) in [6.45, 7) is 5.22. The van der Waals surface area contributed by atoms with Gasteiger partial charge in [0.05, 0.1) is 6.61 Å². The van der Waals surface area contributed by atoms with E-state index in [1.165, 1.54) is 32.1 Å². The molecule has 2 fully saturated rings.